The molecule has 150 valence electrons. The molecule has 0 spiro atoms. The highest BCUT2D eigenvalue weighted by Crippen LogP contribution is 2.28. The van der Waals surface area contributed by atoms with Gasteiger partial charge in [0.15, 0.2) is 5.82 Å². The third kappa shape index (κ3) is 3.71. The predicted octanol–water partition coefficient (Wildman–Crippen LogP) is 4.92. The molecule has 0 atom stereocenters. The normalized spacial score (nSPS) is 13.2. The average molecular weight is 417 g/mol. The number of aryl methyl sites for hydroxylation is 1. The van der Waals surface area contributed by atoms with Crippen LogP contribution >= 0.6 is 11.3 Å². The van der Waals surface area contributed by atoms with Crippen LogP contribution in [0.5, 0.6) is 0 Å². The van der Waals surface area contributed by atoms with Crippen molar-refractivity contribution in [3.8, 4) is 11.5 Å². The summed E-state index contributed by atoms with van der Waals surface area (Å²) in [5.74, 6) is 0.870. The van der Waals surface area contributed by atoms with Crippen LogP contribution in [0.3, 0.4) is 0 Å². The van der Waals surface area contributed by atoms with E-state index in [1.165, 1.54) is 16.1 Å². The van der Waals surface area contributed by atoms with Gasteiger partial charge in [-0.25, -0.2) is 0 Å². The molecule has 0 unspecified atom stereocenters. The molecule has 1 aliphatic rings. The third-order valence-corrected chi connectivity index (χ3v) is 6.24. The molecular formula is C23H20N4O2S. The van der Waals surface area contributed by atoms with Crippen molar-refractivity contribution >= 4 is 28.6 Å². The molecule has 6 nitrogen and oxygen atoms in total. The smallest absolute Gasteiger partial charge is 0.257 e. The molecule has 2 aromatic carbocycles. The highest BCUT2D eigenvalue weighted by molar-refractivity contribution is 7.10. The van der Waals surface area contributed by atoms with E-state index in [0.29, 0.717) is 17.3 Å². The number of anilines is 2. The summed E-state index contributed by atoms with van der Waals surface area (Å²) in [7, 11) is 0. The van der Waals surface area contributed by atoms with Crippen molar-refractivity contribution < 1.29 is 9.32 Å². The second kappa shape index (κ2) is 7.76. The van der Waals surface area contributed by atoms with Gasteiger partial charge in [-0.15, -0.1) is 11.3 Å². The Hall–Kier alpha value is -3.45. The van der Waals surface area contributed by atoms with Crippen molar-refractivity contribution in [3.05, 3.63) is 81.8 Å². The lowest BCUT2D eigenvalue weighted by Crippen LogP contribution is -2.29. The van der Waals surface area contributed by atoms with E-state index < -0.39 is 0 Å². The zero-order chi connectivity index (χ0) is 20.5. The zero-order valence-electron chi connectivity index (χ0n) is 16.5. The number of carbonyl (C=O) groups is 1. The van der Waals surface area contributed by atoms with Crippen molar-refractivity contribution in [1.82, 2.24) is 10.1 Å². The van der Waals surface area contributed by atoms with Gasteiger partial charge in [0.25, 0.3) is 11.8 Å². The first-order valence-electron chi connectivity index (χ1n) is 9.78. The summed E-state index contributed by atoms with van der Waals surface area (Å²) in [6, 6.07) is 17.4. The number of fused-ring (bicyclic) bond motifs is 1. The Morgan fingerprint density at radius 2 is 1.90 bits per heavy atom. The molecule has 1 aliphatic heterocycles. The number of hydrogen-bond donors (Lipinski definition) is 1. The summed E-state index contributed by atoms with van der Waals surface area (Å²) in [6.45, 7) is 3.73. The van der Waals surface area contributed by atoms with E-state index in [0.717, 1.165) is 30.8 Å². The fourth-order valence-corrected chi connectivity index (χ4v) is 4.50. The van der Waals surface area contributed by atoms with Crippen molar-refractivity contribution in [2.24, 2.45) is 0 Å². The van der Waals surface area contributed by atoms with Crippen LogP contribution in [0.4, 0.5) is 11.4 Å². The van der Waals surface area contributed by atoms with E-state index in [2.05, 4.69) is 43.9 Å². The number of amides is 1. The van der Waals surface area contributed by atoms with Crippen molar-refractivity contribution in [3.63, 3.8) is 0 Å². The van der Waals surface area contributed by atoms with Gasteiger partial charge in [0, 0.05) is 40.5 Å². The number of benzene rings is 2. The minimum atomic E-state index is -0.156. The van der Waals surface area contributed by atoms with Gasteiger partial charge in [-0.1, -0.05) is 5.16 Å². The number of rotatable bonds is 4. The van der Waals surface area contributed by atoms with Crippen LogP contribution < -0.4 is 10.2 Å². The summed E-state index contributed by atoms with van der Waals surface area (Å²) in [6.07, 6.45) is 1.09. The summed E-state index contributed by atoms with van der Waals surface area (Å²) in [5.41, 5.74) is 4.72. The summed E-state index contributed by atoms with van der Waals surface area (Å²) < 4.78 is 5.16. The van der Waals surface area contributed by atoms with Gasteiger partial charge < -0.3 is 14.7 Å². The zero-order valence-corrected chi connectivity index (χ0v) is 17.3. The molecule has 30 heavy (non-hydrogen) atoms. The van der Waals surface area contributed by atoms with Crippen LogP contribution in [0.25, 0.3) is 11.5 Å². The molecule has 4 aromatic rings. The lowest BCUT2D eigenvalue weighted by Gasteiger charge is -2.29. The molecule has 1 amide bonds. The maximum atomic E-state index is 12.6. The first kappa shape index (κ1) is 18.6. The molecule has 0 fully saturated rings. The van der Waals surface area contributed by atoms with Gasteiger partial charge >= 0.3 is 0 Å². The monoisotopic (exact) mass is 416 g/mol. The molecule has 0 saturated carbocycles. The minimum absolute atomic E-state index is 0.156. The lowest BCUT2D eigenvalue weighted by atomic mass is 10.1. The Balaban J connectivity index is 1.24. The van der Waals surface area contributed by atoms with Gasteiger partial charge in [0.1, 0.15) is 0 Å². The highest BCUT2D eigenvalue weighted by atomic mass is 32.1. The van der Waals surface area contributed by atoms with E-state index >= 15 is 0 Å². The molecule has 5 rings (SSSR count). The standard InChI is InChI=1S/C23H20N4O2S/c1-15-24-23(29-26-15)17-4-2-16(3-5-17)22(28)25-19-6-8-20(9-7-19)27-12-10-21-18(14-27)11-13-30-21/h2-9,11,13H,10,12,14H2,1H3,(H,25,28). The molecule has 3 heterocycles. The first-order chi connectivity index (χ1) is 14.7. The maximum absolute atomic E-state index is 12.6. The topological polar surface area (TPSA) is 71.3 Å². The minimum Gasteiger partial charge on any atom is -0.367 e. The molecular weight excluding hydrogens is 396 g/mol. The predicted molar refractivity (Wildman–Crippen MR) is 118 cm³/mol. The number of aromatic nitrogens is 2. The Bertz CT molecular complexity index is 1180. The first-order valence-corrected chi connectivity index (χ1v) is 10.7. The Kier molecular flexibility index (Phi) is 4.80. The maximum Gasteiger partial charge on any atom is 0.257 e. The summed E-state index contributed by atoms with van der Waals surface area (Å²) >= 11 is 1.84. The van der Waals surface area contributed by atoms with Gasteiger partial charge in [-0.3, -0.25) is 4.79 Å². The Morgan fingerprint density at radius 3 is 2.63 bits per heavy atom. The fourth-order valence-electron chi connectivity index (χ4n) is 3.61. The summed E-state index contributed by atoms with van der Waals surface area (Å²) in [5, 5.41) is 8.91. The van der Waals surface area contributed by atoms with E-state index in [9.17, 15) is 4.79 Å². The van der Waals surface area contributed by atoms with Crippen LogP contribution in [0.15, 0.2) is 64.5 Å². The lowest BCUT2D eigenvalue weighted by molar-refractivity contribution is 0.102. The Morgan fingerprint density at radius 1 is 1.10 bits per heavy atom. The van der Waals surface area contributed by atoms with E-state index in [4.69, 9.17) is 4.52 Å². The van der Waals surface area contributed by atoms with Gasteiger partial charge in [0.2, 0.25) is 0 Å². The van der Waals surface area contributed by atoms with Crippen LogP contribution in [-0.4, -0.2) is 22.6 Å². The molecule has 0 bridgehead atoms. The molecule has 1 N–H and O–H groups in total. The van der Waals surface area contributed by atoms with Crippen LogP contribution in [-0.2, 0) is 13.0 Å². The van der Waals surface area contributed by atoms with Gasteiger partial charge in [-0.05, 0) is 78.9 Å². The molecule has 7 heteroatoms. The van der Waals surface area contributed by atoms with Crippen molar-refractivity contribution in [2.75, 3.05) is 16.8 Å². The highest BCUT2D eigenvalue weighted by Gasteiger charge is 2.17. The fraction of sp³-hybridized carbons (Fsp3) is 0.174. The van der Waals surface area contributed by atoms with Crippen LogP contribution in [0, 0.1) is 6.92 Å². The number of thiophene rings is 1. The quantitative estimate of drug-likeness (QED) is 0.511. The molecule has 0 aliphatic carbocycles. The number of hydrogen-bond acceptors (Lipinski definition) is 6. The van der Waals surface area contributed by atoms with Crippen LogP contribution in [0.2, 0.25) is 0 Å². The van der Waals surface area contributed by atoms with Crippen molar-refractivity contribution in [2.45, 2.75) is 19.9 Å². The van der Waals surface area contributed by atoms with Crippen molar-refractivity contribution in [1.29, 1.82) is 0 Å². The van der Waals surface area contributed by atoms with Gasteiger partial charge in [0.05, 0.1) is 0 Å². The SMILES string of the molecule is Cc1noc(-c2ccc(C(=O)Nc3ccc(N4CCc5sccc5C4)cc3)cc2)n1. The number of nitrogens with one attached hydrogen (secondary N) is 1. The largest absolute Gasteiger partial charge is 0.367 e. The second-order valence-electron chi connectivity index (χ2n) is 7.27. The van der Waals surface area contributed by atoms with E-state index in [-0.39, 0.29) is 5.91 Å². The van der Waals surface area contributed by atoms with E-state index in [1.54, 1.807) is 31.2 Å². The molecule has 0 radical (unpaired) electrons. The third-order valence-electron chi connectivity index (χ3n) is 5.22. The van der Waals surface area contributed by atoms with E-state index in [1.807, 2.05) is 23.5 Å². The molecule has 0 saturated heterocycles. The van der Waals surface area contributed by atoms with Crippen LogP contribution in [0.1, 0.15) is 26.6 Å². The average Bonchev–Trinajstić information content (AvgIpc) is 3.42. The van der Waals surface area contributed by atoms with Gasteiger partial charge in [-0.2, -0.15) is 4.98 Å². The number of nitrogens with zero attached hydrogens (tertiary/aromatic N) is 3. The summed E-state index contributed by atoms with van der Waals surface area (Å²) in [4.78, 5) is 20.7. The molecule has 2 aromatic heterocycles. The Labute approximate surface area is 178 Å². The number of carbonyl (C=O) groups excluding carboxylic acids is 1. The second-order valence-corrected chi connectivity index (χ2v) is 8.27.